The maximum absolute atomic E-state index is 13.1. The van der Waals surface area contributed by atoms with Gasteiger partial charge in [0.2, 0.25) is 0 Å². The molecule has 0 bridgehead atoms. The molecule has 1 fully saturated rings. The first-order valence-electron chi connectivity index (χ1n) is 10.6. The van der Waals surface area contributed by atoms with Crippen molar-refractivity contribution in [2.24, 2.45) is 0 Å². The number of aryl methyl sites for hydroxylation is 1. The van der Waals surface area contributed by atoms with Crippen LogP contribution in [0.1, 0.15) is 61.1 Å². The minimum atomic E-state index is -0.250. The van der Waals surface area contributed by atoms with Crippen molar-refractivity contribution in [2.75, 3.05) is 39.3 Å². The highest BCUT2D eigenvalue weighted by molar-refractivity contribution is 5.96. The first kappa shape index (κ1) is 21.5. The van der Waals surface area contributed by atoms with Gasteiger partial charge in [-0.25, -0.2) is 0 Å². The van der Waals surface area contributed by atoms with Gasteiger partial charge in [-0.2, -0.15) is 0 Å². The van der Waals surface area contributed by atoms with Gasteiger partial charge in [-0.3, -0.25) is 9.69 Å². The van der Waals surface area contributed by atoms with Gasteiger partial charge in [0.05, 0.1) is 6.04 Å². The third-order valence-electron chi connectivity index (χ3n) is 5.74. The monoisotopic (exact) mass is 398 g/mol. The Labute approximate surface area is 174 Å². The van der Waals surface area contributed by atoms with Gasteiger partial charge in [0.1, 0.15) is 17.0 Å². The molecule has 1 N–H and O–H groups in total. The minimum absolute atomic E-state index is 0.109. The van der Waals surface area contributed by atoms with Crippen LogP contribution in [-0.2, 0) is 5.41 Å². The second-order valence-electron chi connectivity index (χ2n) is 8.82. The summed E-state index contributed by atoms with van der Waals surface area (Å²) in [5.74, 6) is 0.460. The lowest BCUT2D eigenvalue weighted by Crippen LogP contribution is -2.49. The number of nitrogens with zero attached hydrogens (tertiary/aromatic N) is 3. The van der Waals surface area contributed by atoms with E-state index in [2.05, 4.69) is 51.5 Å². The number of amides is 1. The SMILES string of the molecule is CCN1CCN(C(CNC(=O)c2c(C(C)(C)C)noc2C)c2ccccc2)CC1. The Kier molecular flexibility index (Phi) is 6.75. The zero-order chi connectivity index (χ0) is 21.0. The van der Waals surface area contributed by atoms with Gasteiger partial charge in [0.15, 0.2) is 0 Å². The summed E-state index contributed by atoms with van der Waals surface area (Å²) in [6.07, 6.45) is 0. The van der Waals surface area contributed by atoms with Crippen LogP contribution in [0.25, 0.3) is 0 Å². The summed E-state index contributed by atoms with van der Waals surface area (Å²) < 4.78 is 5.35. The maximum Gasteiger partial charge on any atom is 0.256 e. The van der Waals surface area contributed by atoms with Crippen LogP contribution < -0.4 is 5.32 Å². The number of carbonyl (C=O) groups is 1. The van der Waals surface area contributed by atoms with E-state index in [0.29, 0.717) is 23.6 Å². The molecule has 1 unspecified atom stereocenters. The molecule has 1 aliphatic heterocycles. The maximum atomic E-state index is 13.1. The molecular formula is C23H34N4O2. The van der Waals surface area contributed by atoms with E-state index < -0.39 is 0 Å². The smallest absolute Gasteiger partial charge is 0.256 e. The molecule has 1 saturated heterocycles. The summed E-state index contributed by atoms with van der Waals surface area (Å²) in [6.45, 7) is 15.9. The first-order chi connectivity index (χ1) is 13.8. The fourth-order valence-electron chi connectivity index (χ4n) is 3.95. The van der Waals surface area contributed by atoms with Gasteiger partial charge in [-0.05, 0) is 19.0 Å². The lowest BCUT2D eigenvalue weighted by molar-refractivity contribution is 0.0853. The highest BCUT2D eigenvalue weighted by Gasteiger charge is 2.30. The lowest BCUT2D eigenvalue weighted by Gasteiger charge is -2.39. The summed E-state index contributed by atoms with van der Waals surface area (Å²) in [6, 6.07) is 10.6. The van der Waals surface area contributed by atoms with Crippen LogP contribution in [0.3, 0.4) is 0 Å². The quantitative estimate of drug-likeness (QED) is 0.808. The van der Waals surface area contributed by atoms with Crippen molar-refractivity contribution in [3.8, 4) is 0 Å². The van der Waals surface area contributed by atoms with Crippen molar-refractivity contribution >= 4 is 5.91 Å². The molecule has 6 nitrogen and oxygen atoms in total. The molecule has 3 rings (SSSR count). The molecule has 6 heteroatoms. The molecule has 1 atom stereocenters. The summed E-state index contributed by atoms with van der Waals surface area (Å²) in [5, 5.41) is 7.31. The molecule has 1 aromatic carbocycles. The third kappa shape index (κ3) is 5.06. The largest absolute Gasteiger partial charge is 0.361 e. The molecular weight excluding hydrogens is 364 g/mol. The topological polar surface area (TPSA) is 61.6 Å². The number of carbonyl (C=O) groups excluding carboxylic acids is 1. The molecule has 158 valence electrons. The van der Waals surface area contributed by atoms with Crippen molar-refractivity contribution in [3.63, 3.8) is 0 Å². The molecule has 29 heavy (non-hydrogen) atoms. The Balaban J connectivity index is 1.76. The molecule has 0 radical (unpaired) electrons. The Morgan fingerprint density at radius 2 is 1.83 bits per heavy atom. The normalized spacial score (nSPS) is 17.3. The highest BCUT2D eigenvalue weighted by atomic mass is 16.5. The number of nitrogens with one attached hydrogen (secondary N) is 1. The molecule has 0 aliphatic carbocycles. The lowest BCUT2D eigenvalue weighted by atomic mass is 9.88. The van der Waals surface area contributed by atoms with E-state index in [0.717, 1.165) is 32.7 Å². The summed E-state index contributed by atoms with van der Waals surface area (Å²) in [7, 11) is 0. The van der Waals surface area contributed by atoms with Gasteiger partial charge in [-0.15, -0.1) is 0 Å². The van der Waals surface area contributed by atoms with Crippen LogP contribution in [0.15, 0.2) is 34.9 Å². The Morgan fingerprint density at radius 3 is 2.41 bits per heavy atom. The predicted octanol–water partition coefficient (Wildman–Crippen LogP) is 3.39. The van der Waals surface area contributed by atoms with Crippen LogP contribution >= 0.6 is 0 Å². The number of hydrogen-bond donors (Lipinski definition) is 1. The molecule has 1 amide bonds. The molecule has 1 aromatic heterocycles. The van der Waals surface area contributed by atoms with Gasteiger partial charge in [-0.1, -0.05) is 63.2 Å². The van der Waals surface area contributed by atoms with Crippen molar-refractivity contribution in [3.05, 3.63) is 52.9 Å². The van der Waals surface area contributed by atoms with E-state index in [1.807, 2.05) is 26.8 Å². The van der Waals surface area contributed by atoms with Crippen molar-refractivity contribution in [1.82, 2.24) is 20.3 Å². The molecule has 1 aliphatic rings. The number of benzene rings is 1. The second kappa shape index (κ2) is 9.09. The van der Waals surface area contributed by atoms with E-state index in [-0.39, 0.29) is 17.4 Å². The first-order valence-corrected chi connectivity index (χ1v) is 10.6. The average molecular weight is 399 g/mol. The zero-order valence-electron chi connectivity index (χ0n) is 18.4. The second-order valence-corrected chi connectivity index (χ2v) is 8.82. The molecule has 0 saturated carbocycles. The standard InChI is InChI=1S/C23H34N4O2/c1-6-26-12-14-27(15-13-26)19(18-10-8-7-9-11-18)16-24-22(28)20-17(2)29-25-21(20)23(3,4)5/h7-11,19H,6,12-16H2,1-5H3,(H,24,28). The number of hydrogen-bond acceptors (Lipinski definition) is 5. The van der Waals surface area contributed by atoms with Crippen LogP contribution in [0.2, 0.25) is 0 Å². The van der Waals surface area contributed by atoms with E-state index >= 15 is 0 Å². The van der Waals surface area contributed by atoms with Gasteiger partial charge >= 0.3 is 0 Å². The predicted molar refractivity (Wildman–Crippen MR) is 115 cm³/mol. The van der Waals surface area contributed by atoms with Crippen LogP contribution in [-0.4, -0.2) is 60.1 Å². The van der Waals surface area contributed by atoms with Crippen molar-refractivity contribution in [1.29, 1.82) is 0 Å². The summed E-state index contributed by atoms with van der Waals surface area (Å²) in [5.41, 5.74) is 2.26. The molecule has 0 spiro atoms. The van der Waals surface area contributed by atoms with Crippen molar-refractivity contribution < 1.29 is 9.32 Å². The van der Waals surface area contributed by atoms with E-state index in [1.54, 1.807) is 6.92 Å². The summed E-state index contributed by atoms with van der Waals surface area (Å²) in [4.78, 5) is 18.0. The van der Waals surface area contributed by atoms with Crippen LogP contribution in [0, 0.1) is 6.92 Å². The summed E-state index contributed by atoms with van der Waals surface area (Å²) >= 11 is 0. The number of likely N-dealkylation sites (N-methyl/N-ethyl adjacent to an activating group) is 1. The Morgan fingerprint density at radius 1 is 1.17 bits per heavy atom. The number of aromatic nitrogens is 1. The molecule has 2 heterocycles. The van der Waals surface area contributed by atoms with Crippen molar-refractivity contribution in [2.45, 2.75) is 46.1 Å². The van der Waals surface area contributed by atoms with E-state index in [9.17, 15) is 4.79 Å². The Bertz CT molecular complexity index is 802. The molecule has 2 aromatic rings. The Hall–Kier alpha value is -2.18. The number of piperazine rings is 1. The van der Waals surface area contributed by atoms with Crippen LogP contribution in [0.4, 0.5) is 0 Å². The van der Waals surface area contributed by atoms with Crippen LogP contribution in [0.5, 0.6) is 0 Å². The fourth-order valence-corrected chi connectivity index (χ4v) is 3.95. The van der Waals surface area contributed by atoms with E-state index in [1.165, 1.54) is 5.56 Å². The fraction of sp³-hybridized carbons (Fsp3) is 0.565. The third-order valence-corrected chi connectivity index (χ3v) is 5.74. The minimum Gasteiger partial charge on any atom is -0.361 e. The zero-order valence-corrected chi connectivity index (χ0v) is 18.4. The number of rotatable bonds is 6. The highest BCUT2D eigenvalue weighted by Crippen LogP contribution is 2.27. The van der Waals surface area contributed by atoms with Gasteiger partial charge in [0, 0.05) is 38.1 Å². The van der Waals surface area contributed by atoms with Gasteiger partial charge < -0.3 is 14.7 Å². The van der Waals surface area contributed by atoms with E-state index in [4.69, 9.17) is 4.52 Å². The average Bonchev–Trinajstić information content (AvgIpc) is 3.11. The van der Waals surface area contributed by atoms with Gasteiger partial charge in [0.25, 0.3) is 5.91 Å².